The Hall–Kier alpha value is -0.460. The van der Waals surface area contributed by atoms with Gasteiger partial charge in [-0.15, -0.1) is 11.3 Å². The Bertz CT molecular complexity index is 379. The third-order valence-corrected chi connectivity index (χ3v) is 5.46. The molecule has 1 unspecified atom stereocenters. The molecule has 0 aliphatic carbocycles. The molecule has 1 saturated heterocycles. The van der Waals surface area contributed by atoms with Crippen molar-refractivity contribution >= 4 is 21.2 Å². The number of nitrogens with one attached hydrogen (secondary N) is 1. The molecule has 4 nitrogen and oxygen atoms in total. The summed E-state index contributed by atoms with van der Waals surface area (Å²) in [6, 6.07) is 0. The molecule has 1 atom stereocenters. The van der Waals surface area contributed by atoms with Crippen LogP contribution in [0.4, 0.5) is 0 Å². The van der Waals surface area contributed by atoms with Crippen molar-refractivity contribution in [1.82, 2.24) is 10.3 Å². The van der Waals surface area contributed by atoms with Crippen molar-refractivity contribution in [2.45, 2.75) is 10.8 Å². The Morgan fingerprint density at radius 3 is 3.07 bits per heavy atom. The van der Waals surface area contributed by atoms with Gasteiger partial charge in [0.05, 0.1) is 5.75 Å². The fourth-order valence-corrected chi connectivity index (χ4v) is 4.19. The van der Waals surface area contributed by atoms with Gasteiger partial charge in [0, 0.05) is 11.6 Å². The number of rotatable bonds is 3. The second-order valence-electron chi connectivity index (χ2n) is 3.44. The monoisotopic (exact) mass is 232 g/mol. The van der Waals surface area contributed by atoms with E-state index in [2.05, 4.69) is 10.3 Å². The first-order chi connectivity index (χ1) is 6.68. The third-order valence-electron chi connectivity index (χ3n) is 2.29. The van der Waals surface area contributed by atoms with Crippen LogP contribution in [0.2, 0.25) is 0 Å². The molecule has 14 heavy (non-hydrogen) atoms. The van der Waals surface area contributed by atoms with Crippen LogP contribution < -0.4 is 5.32 Å². The van der Waals surface area contributed by atoms with Crippen LogP contribution in [-0.2, 0) is 9.84 Å². The molecule has 0 spiro atoms. The number of thiazole rings is 1. The van der Waals surface area contributed by atoms with Crippen LogP contribution in [0.25, 0.3) is 0 Å². The third kappa shape index (κ3) is 2.13. The van der Waals surface area contributed by atoms with Crippen molar-refractivity contribution in [2.24, 2.45) is 5.92 Å². The lowest BCUT2D eigenvalue weighted by Crippen LogP contribution is -2.18. The molecule has 0 radical (unpaired) electrons. The summed E-state index contributed by atoms with van der Waals surface area (Å²) in [5.41, 5.74) is 0. The second-order valence-corrected chi connectivity index (χ2v) is 6.54. The molecular weight excluding hydrogens is 220 g/mol. The van der Waals surface area contributed by atoms with E-state index >= 15 is 0 Å². The number of sulfone groups is 1. The highest BCUT2D eigenvalue weighted by molar-refractivity contribution is 7.93. The van der Waals surface area contributed by atoms with Gasteiger partial charge >= 0.3 is 0 Å². The summed E-state index contributed by atoms with van der Waals surface area (Å²) in [4.78, 5) is 3.84. The normalized spacial score (nSPS) is 22.7. The van der Waals surface area contributed by atoms with E-state index in [1.165, 1.54) is 17.5 Å². The Balaban J connectivity index is 2.09. The summed E-state index contributed by atoms with van der Waals surface area (Å²) in [6.45, 7) is 1.74. The summed E-state index contributed by atoms with van der Waals surface area (Å²) in [7, 11) is -3.13. The van der Waals surface area contributed by atoms with Crippen LogP contribution in [0, 0.1) is 5.92 Å². The summed E-state index contributed by atoms with van der Waals surface area (Å²) in [5.74, 6) is 0.483. The lowest BCUT2D eigenvalue weighted by Gasteiger charge is -2.06. The highest BCUT2D eigenvalue weighted by atomic mass is 32.2. The van der Waals surface area contributed by atoms with Gasteiger partial charge in [-0.25, -0.2) is 13.4 Å². The van der Waals surface area contributed by atoms with Gasteiger partial charge in [-0.05, 0) is 25.4 Å². The van der Waals surface area contributed by atoms with Crippen molar-refractivity contribution in [3.63, 3.8) is 0 Å². The fraction of sp³-hybridized carbons (Fsp3) is 0.625. The van der Waals surface area contributed by atoms with E-state index in [9.17, 15) is 8.42 Å². The van der Waals surface area contributed by atoms with E-state index in [-0.39, 0.29) is 16.0 Å². The molecule has 1 aliphatic heterocycles. The van der Waals surface area contributed by atoms with Crippen molar-refractivity contribution in [3.05, 3.63) is 11.6 Å². The lowest BCUT2D eigenvalue weighted by atomic mass is 10.2. The van der Waals surface area contributed by atoms with E-state index in [0.29, 0.717) is 0 Å². The Labute approximate surface area is 87.3 Å². The minimum Gasteiger partial charge on any atom is -0.316 e. The van der Waals surface area contributed by atoms with Gasteiger partial charge < -0.3 is 5.32 Å². The zero-order valence-corrected chi connectivity index (χ0v) is 9.27. The predicted molar refractivity (Wildman–Crippen MR) is 55.1 cm³/mol. The van der Waals surface area contributed by atoms with E-state index in [0.717, 1.165) is 19.5 Å². The van der Waals surface area contributed by atoms with Crippen LogP contribution in [0.5, 0.6) is 0 Å². The molecule has 2 rings (SSSR count). The molecule has 6 heteroatoms. The maximum Gasteiger partial charge on any atom is 0.209 e. The number of aromatic nitrogens is 1. The fourth-order valence-electron chi connectivity index (χ4n) is 1.60. The highest BCUT2D eigenvalue weighted by Crippen LogP contribution is 2.19. The first-order valence-corrected chi connectivity index (χ1v) is 7.04. The Morgan fingerprint density at radius 1 is 1.64 bits per heavy atom. The van der Waals surface area contributed by atoms with Crippen molar-refractivity contribution in [2.75, 3.05) is 18.8 Å². The number of hydrogen-bond donors (Lipinski definition) is 1. The first kappa shape index (κ1) is 10.1. The zero-order chi connectivity index (χ0) is 10.0. The molecule has 1 aromatic rings. The topological polar surface area (TPSA) is 59.1 Å². The van der Waals surface area contributed by atoms with Gasteiger partial charge in [-0.2, -0.15) is 0 Å². The lowest BCUT2D eigenvalue weighted by molar-refractivity contribution is 0.570. The quantitative estimate of drug-likeness (QED) is 0.825. The van der Waals surface area contributed by atoms with Crippen molar-refractivity contribution in [1.29, 1.82) is 0 Å². The molecular formula is C8H12N2O2S2. The van der Waals surface area contributed by atoms with Crippen LogP contribution in [0.1, 0.15) is 6.42 Å². The summed E-state index contributed by atoms with van der Waals surface area (Å²) >= 11 is 1.19. The maximum absolute atomic E-state index is 11.8. The molecule has 1 aromatic heterocycles. The highest BCUT2D eigenvalue weighted by Gasteiger charge is 2.25. The van der Waals surface area contributed by atoms with Gasteiger partial charge in [0.25, 0.3) is 0 Å². The van der Waals surface area contributed by atoms with Crippen LogP contribution >= 0.6 is 11.3 Å². The van der Waals surface area contributed by atoms with Gasteiger partial charge in [-0.3, -0.25) is 0 Å². The van der Waals surface area contributed by atoms with E-state index in [1.54, 1.807) is 5.38 Å². The summed E-state index contributed by atoms with van der Waals surface area (Å²) in [5, 5.41) is 4.85. The average molecular weight is 232 g/mol. The van der Waals surface area contributed by atoms with Crippen LogP contribution in [0.15, 0.2) is 15.9 Å². The molecule has 78 valence electrons. The van der Waals surface area contributed by atoms with Crippen molar-refractivity contribution < 1.29 is 8.42 Å². The standard InChI is InChI=1S/C8H12N2O2S2/c11-14(12,8-10-3-4-13-8)6-7-1-2-9-5-7/h3-4,7,9H,1-2,5-6H2. The van der Waals surface area contributed by atoms with E-state index in [1.807, 2.05) is 0 Å². The van der Waals surface area contributed by atoms with Crippen LogP contribution in [-0.4, -0.2) is 32.2 Å². The summed E-state index contributed by atoms with van der Waals surface area (Å²) < 4.78 is 23.8. The molecule has 0 amide bonds. The molecule has 0 saturated carbocycles. The van der Waals surface area contributed by atoms with E-state index < -0.39 is 9.84 Å². The number of hydrogen-bond acceptors (Lipinski definition) is 5. The molecule has 1 N–H and O–H groups in total. The molecule has 1 aliphatic rings. The molecule has 1 fully saturated rings. The average Bonchev–Trinajstić information content (AvgIpc) is 2.71. The number of nitrogens with zero attached hydrogens (tertiary/aromatic N) is 1. The van der Waals surface area contributed by atoms with Crippen molar-refractivity contribution in [3.8, 4) is 0 Å². The Kier molecular flexibility index (Phi) is 2.85. The molecule has 0 aromatic carbocycles. The second kappa shape index (κ2) is 3.96. The van der Waals surface area contributed by atoms with Crippen LogP contribution in [0.3, 0.4) is 0 Å². The maximum atomic E-state index is 11.8. The Morgan fingerprint density at radius 2 is 2.50 bits per heavy atom. The zero-order valence-electron chi connectivity index (χ0n) is 7.64. The molecule has 0 bridgehead atoms. The minimum absolute atomic E-state index is 0.230. The van der Waals surface area contributed by atoms with Gasteiger partial charge in [-0.1, -0.05) is 0 Å². The summed E-state index contributed by atoms with van der Waals surface area (Å²) in [6.07, 6.45) is 2.48. The largest absolute Gasteiger partial charge is 0.316 e. The van der Waals surface area contributed by atoms with Gasteiger partial charge in [0.15, 0.2) is 0 Å². The molecule has 2 heterocycles. The smallest absolute Gasteiger partial charge is 0.209 e. The van der Waals surface area contributed by atoms with E-state index in [4.69, 9.17) is 0 Å². The minimum atomic E-state index is -3.13. The first-order valence-electron chi connectivity index (χ1n) is 4.51. The van der Waals surface area contributed by atoms with Gasteiger partial charge in [0.2, 0.25) is 14.2 Å². The van der Waals surface area contributed by atoms with Gasteiger partial charge in [0.1, 0.15) is 0 Å². The predicted octanol–water partition coefficient (Wildman–Crippen LogP) is 0.526. The SMILES string of the molecule is O=S(=O)(CC1CCNC1)c1nccs1.